The summed E-state index contributed by atoms with van der Waals surface area (Å²) in [4.78, 5) is 35.3. The van der Waals surface area contributed by atoms with Crippen molar-refractivity contribution in [3.8, 4) is 28.3 Å². The normalized spacial score (nSPS) is 15.6. The Morgan fingerprint density at radius 1 is 1.12 bits per heavy atom. The van der Waals surface area contributed by atoms with Crippen LogP contribution in [0.2, 0.25) is 0 Å². The lowest BCUT2D eigenvalue weighted by Gasteiger charge is -2.31. The SMILES string of the molecule is C=N/C=C(\NCCN(C)CCC)c1cc(C)c2c(c1)OC(c1cnc(C3CCC3)s1)n1c-2cc2cc(-c3cnc(CN(CCC)C(=O)OC(C)(C)C)[nH]3)ccc21. The van der Waals surface area contributed by atoms with Crippen LogP contribution in [0, 0.1) is 6.92 Å². The summed E-state index contributed by atoms with van der Waals surface area (Å²) in [7, 11) is 2.15. The molecule has 0 saturated heterocycles. The lowest BCUT2D eigenvalue weighted by atomic mass is 9.86. The van der Waals surface area contributed by atoms with Crippen molar-refractivity contribution in [3.05, 3.63) is 81.8 Å². The van der Waals surface area contributed by atoms with Crippen LogP contribution in [0.4, 0.5) is 4.79 Å². The lowest BCUT2D eigenvalue weighted by molar-refractivity contribution is 0.0229. The Kier molecular flexibility index (Phi) is 11.7. The Bertz CT molecular complexity index is 2220. The zero-order chi connectivity index (χ0) is 39.6. The van der Waals surface area contributed by atoms with Gasteiger partial charge in [0.15, 0.2) is 0 Å². The second kappa shape index (κ2) is 16.7. The van der Waals surface area contributed by atoms with Gasteiger partial charge in [-0.1, -0.05) is 26.3 Å². The van der Waals surface area contributed by atoms with Crippen LogP contribution in [0.15, 0.2) is 60.0 Å². The number of carbonyl (C=O) groups excluding carboxylic acids is 1. The van der Waals surface area contributed by atoms with E-state index in [2.05, 4.69) is 101 Å². The van der Waals surface area contributed by atoms with Crippen LogP contribution in [-0.2, 0) is 11.3 Å². The third kappa shape index (κ3) is 8.41. The van der Waals surface area contributed by atoms with Crippen LogP contribution in [-0.4, -0.2) is 81.0 Å². The Balaban J connectivity index is 1.24. The molecule has 12 heteroatoms. The summed E-state index contributed by atoms with van der Waals surface area (Å²) in [6, 6.07) is 13.1. The fraction of sp³-hybridized carbons (Fsp3) is 0.455. The van der Waals surface area contributed by atoms with Crippen molar-refractivity contribution in [1.29, 1.82) is 0 Å². The van der Waals surface area contributed by atoms with Crippen molar-refractivity contribution in [2.24, 2.45) is 4.99 Å². The van der Waals surface area contributed by atoms with Crippen LogP contribution in [0.25, 0.3) is 39.1 Å². The molecular weight excluding hydrogens is 721 g/mol. The van der Waals surface area contributed by atoms with Gasteiger partial charge >= 0.3 is 6.09 Å². The van der Waals surface area contributed by atoms with Gasteiger partial charge in [0.1, 0.15) is 17.2 Å². The third-order valence-corrected chi connectivity index (χ3v) is 11.7. The monoisotopic (exact) mass is 776 g/mol. The number of nitrogens with one attached hydrogen (secondary N) is 2. The van der Waals surface area contributed by atoms with Gasteiger partial charge in [-0.15, -0.1) is 11.3 Å². The molecule has 2 aromatic carbocycles. The Labute approximate surface area is 334 Å². The number of thiazole rings is 1. The number of carbonyl (C=O) groups is 1. The number of imidazole rings is 1. The first-order valence-corrected chi connectivity index (χ1v) is 20.8. The average molecular weight is 777 g/mol. The number of benzene rings is 2. The molecule has 2 N–H and O–H groups in total. The largest absolute Gasteiger partial charge is 0.464 e. The number of aryl methyl sites for hydroxylation is 1. The Morgan fingerprint density at radius 3 is 2.64 bits per heavy atom. The summed E-state index contributed by atoms with van der Waals surface area (Å²) in [6.07, 6.45) is 10.5. The zero-order valence-corrected chi connectivity index (χ0v) is 34.8. The molecule has 0 spiro atoms. The van der Waals surface area contributed by atoms with Crippen LogP contribution < -0.4 is 10.1 Å². The number of likely N-dealkylation sites (N-methyl/N-ethyl adjacent to an activating group) is 1. The molecule has 1 unspecified atom stereocenters. The lowest BCUT2D eigenvalue weighted by Crippen LogP contribution is -2.37. The highest BCUT2D eigenvalue weighted by Gasteiger charge is 2.33. The van der Waals surface area contributed by atoms with Crippen molar-refractivity contribution in [2.75, 3.05) is 33.2 Å². The minimum absolute atomic E-state index is 0.338. The number of H-pyrrole nitrogens is 1. The van der Waals surface area contributed by atoms with E-state index in [9.17, 15) is 4.79 Å². The summed E-state index contributed by atoms with van der Waals surface area (Å²) in [6.45, 7) is 19.5. The summed E-state index contributed by atoms with van der Waals surface area (Å²) >= 11 is 1.77. The third-order valence-electron chi connectivity index (χ3n) is 10.5. The Hall–Kier alpha value is -4.94. The minimum atomic E-state index is -0.570. The number of aliphatic imine (C=N–C) groups is 1. The van der Waals surface area contributed by atoms with E-state index in [-0.39, 0.29) is 12.3 Å². The van der Waals surface area contributed by atoms with E-state index in [1.165, 1.54) is 24.3 Å². The molecule has 1 saturated carbocycles. The molecule has 3 aromatic heterocycles. The molecule has 2 aliphatic rings. The summed E-state index contributed by atoms with van der Waals surface area (Å²) < 4.78 is 15.1. The van der Waals surface area contributed by atoms with Crippen LogP contribution in [0.1, 0.15) is 106 Å². The molecule has 1 aliphatic carbocycles. The predicted molar refractivity (Wildman–Crippen MR) is 227 cm³/mol. The second-order valence-corrected chi connectivity index (χ2v) is 17.2. The van der Waals surface area contributed by atoms with E-state index < -0.39 is 5.60 Å². The molecule has 0 bridgehead atoms. The minimum Gasteiger partial charge on any atom is -0.464 e. The molecule has 1 amide bonds. The molecule has 1 atom stereocenters. The fourth-order valence-corrected chi connectivity index (χ4v) is 8.70. The maximum Gasteiger partial charge on any atom is 0.410 e. The molecule has 0 radical (unpaired) electrons. The molecule has 1 fully saturated rings. The zero-order valence-electron chi connectivity index (χ0n) is 33.9. The quantitative estimate of drug-likeness (QED) is 0.102. The molecule has 296 valence electrons. The van der Waals surface area contributed by atoms with E-state index in [1.54, 1.807) is 22.4 Å². The van der Waals surface area contributed by atoms with Gasteiger partial charge in [-0.2, -0.15) is 0 Å². The van der Waals surface area contributed by atoms with Crippen molar-refractivity contribution < 1.29 is 14.3 Å². The number of hydrogen-bond donors (Lipinski definition) is 2. The molecule has 5 aromatic rings. The van der Waals surface area contributed by atoms with Crippen LogP contribution in [0.3, 0.4) is 0 Å². The molecule has 4 heterocycles. The first-order valence-electron chi connectivity index (χ1n) is 20.0. The maximum absolute atomic E-state index is 13.0. The first kappa shape index (κ1) is 39.3. The van der Waals surface area contributed by atoms with Gasteiger partial charge in [0.25, 0.3) is 0 Å². The summed E-state index contributed by atoms with van der Waals surface area (Å²) in [5.41, 5.74) is 7.61. The van der Waals surface area contributed by atoms with Gasteiger partial charge in [0.05, 0.1) is 45.2 Å². The van der Waals surface area contributed by atoms with Crippen molar-refractivity contribution in [3.63, 3.8) is 0 Å². The first-order chi connectivity index (χ1) is 27.0. The number of aromatic nitrogens is 4. The number of nitrogens with zero attached hydrogens (tertiary/aromatic N) is 6. The molecule has 7 rings (SSSR count). The van der Waals surface area contributed by atoms with E-state index in [4.69, 9.17) is 14.5 Å². The topological polar surface area (TPSA) is 113 Å². The summed E-state index contributed by atoms with van der Waals surface area (Å²) in [5.74, 6) is 2.08. The van der Waals surface area contributed by atoms with Gasteiger partial charge in [-0.3, -0.25) is 9.56 Å². The summed E-state index contributed by atoms with van der Waals surface area (Å²) in [5, 5.41) is 5.90. The number of aromatic amines is 1. The maximum atomic E-state index is 13.0. The van der Waals surface area contributed by atoms with Gasteiger partial charge in [0.2, 0.25) is 6.23 Å². The number of hydrogen-bond acceptors (Lipinski definition) is 9. The molecule has 1 aliphatic heterocycles. The molecular formula is C44H56N8O3S. The van der Waals surface area contributed by atoms with Crippen molar-refractivity contribution in [2.45, 2.75) is 97.9 Å². The van der Waals surface area contributed by atoms with Crippen LogP contribution in [0.5, 0.6) is 5.75 Å². The fourth-order valence-electron chi connectivity index (χ4n) is 7.59. The van der Waals surface area contributed by atoms with Gasteiger partial charge in [-0.05, 0) is 110 Å². The van der Waals surface area contributed by atoms with E-state index in [0.717, 1.165) is 93.3 Å². The highest BCUT2D eigenvalue weighted by Crippen LogP contribution is 2.49. The highest BCUT2D eigenvalue weighted by molar-refractivity contribution is 7.11. The number of fused-ring (bicyclic) bond motifs is 5. The number of ether oxygens (including phenoxy) is 2. The van der Waals surface area contributed by atoms with E-state index in [0.29, 0.717) is 24.8 Å². The van der Waals surface area contributed by atoms with Gasteiger partial charge in [-0.25, -0.2) is 14.8 Å². The smallest absolute Gasteiger partial charge is 0.410 e. The van der Waals surface area contributed by atoms with Crippen molar-refractivity contribution >= 4 is 40.7 Å². The van der Waals surface area contributed by atoms with Crippen molar-refractivity contribution in [1.82, 2.24) is 34.6 Å². The Morgan fingerprint density at radius 2 is 1.93 bits per heavy atom. The van der Waals surface area contributed by atoms with E-state index in [1.807, 2.05) is 33.2 Å². The van der Waals surface area contributed by atoms with Crippen LogP contribution >= 0.6 is 11.3 Å². The molecule has 56 heavy (non-hydrogen) atoms. The molecule has 11 nitrogen and oxygen atoms in total. The predicted octanol–water partition coefficient (Wildman–Crippen LogP) is 9.75. The van der Waals surface area contributed by atoms with E-state index >= 15 is 0 Å². The number of amides is 1. The second-order valence-electron chi connectivity index (χ2n) is 16.1. The highest BCUT2D eigenvalue weighted by atomic mass is 32.1. The number of rotatable bonds is 15. The average Bonchev–Trinajstić information content (AvgIpc) is 3.88. The standard InChI is InChI=1S/C44H56N8O3S/c1-9-17-50(8)19-16-46-33(24-45-7)31-20-28(3)40-36-22-32-21-30(34-25-47-39(49-34)27-51(18-10-2)43(53)55-44(4,5)6)14-15-35(32)52(36)42(54-37(40)23-31)38-26-48-41(56-38)29-12-11-13-29/h14-15,20-26,29,42,46H,7,9-13,16-19,27H2,1-6,8H3,(H,47,49)/b33-24-. The van der Waals surface area contributed by atoms with Gasteiger partial charge in [0, 0.05) is 60.0 Å². The van der Waals surface area contributed by atoms with Gasteiger partial charge < -0.3 is 29.6 Å².